The normalized spacial score (nSPS) is 11.6. The number of hydrogen-bond donors (Lipinski definition) is 2. The van der Waals surface area contributed by atoms with Crippen molar-refractivity contribution in [2.45, 2.75) is 31.6 Å². The number of carbonyl (C=O) groups is 1. The Kier molecular flexibility index (Phi) is 13.4. The number of nitrogens with zero attached hydrogens (tertiary/aromatic N) is 5. The number of benzene rings is 3. The fourth-order valence-corrected chi connectivity index (χ4v) is 5.15. The van der Waals surface area contributed by atoms with Gasteiger partial charge in [-0.2, -0.15) is 35.8 Å². The first kappa shape index (κ1) is 43.4. The van der Waals surface area contributed by atoms with E-state index < -0.39 is 70.9 Å². The number of para-hydroxylation sites is 2. The van der Waals surface area contributed by atoms with E-state index in [4.69, 9.17) is 9.47 Å². The van der Waals surface area contributed by atoms with E-state index in [0.717, 1.165) is 65.4 Å². The summed E-state index contributed by atoms with van der Waals surface area (Å²) in [5.41, 5.74) is -1.91. The van der Waals surface area contributed by atoms with Gasteiger partial charge in [-0.3, -0.25) is 9.48 Å². The molecule has 0 saturated heterocycles. The zero-order chi connectivity index (χ0) is 43.1. The Morgan fingerprint density at radius 3 is 2.29 bits per heavy atom. The number of pyridine rings is 1. The lowest BCUT2D eigenvalue weighted by molar-refractivity contribution is -0.252. The van der Waals surface area contributed by atoms with Crippen LogP contribution in [0.15, 0.2) is 85.5 Å². The number of hydrogen-bond acceptors (Lipinski definition) is 9. The molecule has 3 heterocycles. The number of nitrogens with one attached hydrogen (secondary N) is 2. The molecule has 0 atom stereocenters. The molecule has 11 nitrogen and oxygen atoms in total. The van der Waals surface area contributed by atoms with Crippen LogP contribution < -0.4 is 24.8 Å². The molecule has 2 N–H and O–H groups in total. The van der Waals surface area contributed by atoms with Crippen LogP contribution >= 0.6 is 0 Å². The third-order valence-electron chi connectivity index (χ3n) is 7.84. The van der Waals surface area contributed by atoms with E-state index in [9.17, 15) is 53.1 Å². The number of halogens is 11. The number of methoxy groups -OCH3 is 1. The maximum absolute atomic E-state index is 14.2. The highest BCUT2D eigenvalue weighted by Gasteiger charge is 2.44. The summed E-state index contributed by atoms with van der Waals surface area (Å²) in [6.07, 6.45) is -12.8. The van der Waals surface area contributed by atoms with E-state index in [1.807, 2.05) is 0 Å². The van der Waals surface area contributed by atoms with Gasteiger partial charge in [-0.25, -0.2) is 32.5 Å². The summed E-state index contributed by atoms with van der Waals surface area (Å²) in [7, 11) is 2.71. The first-order valence-electron chi connectivity index (χ1n) is 16.7. The molecule has 1 amide bonds. The van der Waals surface area contributed by atoms with Gasteiger partial charge in [0.15, 0.2) is 11.5 Å². The van der Waals surface area contributed by atoms with Crippen molar-refractivity contribution < 1.29 is 67.3 Å². The van der Waals surface area contributed by atoms with Crippen molar-refractivity contribution in [2.75, 3.05) is 24.3 Å². The molecule has 0 radical (unpaired) electrons. The largest absolute Gasteiger partial charge is 0.493 e. The third kappa shape index (κ3) is 10.8. The third-order valence-corrected chi connectivity index (χ3v) is 7.84. The Morgan fingerprint density at radius 2 is 1.59 bits per heavy atom. The molecule has 0 unspecified atom stereocenters. The van der Waals surface area contributed by atoms with E-state index in [1.54, 1.807) is 18.2 Å². The Labute approximate surface area is 325 Å². The number of ether oxygens (including phenoxy) is 3. The van der Waals surface area contributed by atoms with Crippen molar-refractivity contribution in [2.24, 2.45) is 7.05 Å². The molecule has 0 bridgehead atoms. The van der Waals surface area contributed by atoms with Crippen LogP contribution in [0.1, 0.15) is 33.6 Å². The number of aryl methyl sites for hydroxylation is 1. The van der Waals surface area contributed by atoms with E-state index in [0.29, 0.717) is 13.0 Å². The number of amides is 1. The number of alkyl halides is 9. The van der Waals surface area contributed by atoms with Crippen LogP contribution in [-0.2, 0) is 19.6 Å². The van der Waals surface area contributed by atoms with Crippen LogP contribution in [0.3, 0.4) is 0 Å². The van der Waals surface area contributed by atoms with Crippen LogP contribution in [0.5, 0.6) is 23.1 Å². The summed E-state index contributed by atoms with van der Waals surface area (Å²) in [5, 5.41) is 8.43. The lowest BCUT2D eigenvalue weighted by Crippen LogP contribution is -2.33. The van der Waals surface area contributed by atoms with Crippen LogP contribution in [0, 0.1) is 11.6 Å². The average molecular weight is 844 g/mol. The number of rotatable bonds is 13. The molecule has 0 aliphatic rings. The monoisotopic (exact) mass is 843 g/mol. The zero-order valence-electron chi connectivity index (χ0n) is 30.2. The van der Waals surface area contributed by atoms with Crippen LogP contribution in [0.2, 0.25) is 0 Å². The van der Waals surface area contributed by atoms with Gasteiger partial charge >= 0.3 is 18.7 Å². The second-order valence-electron chi connectivity index (χ2n) is 11.9. The average Bonchev–Trinajstić information content (AvgIpc) is 3.59. The second kappa shape index (κ2) is 18.2. The topological polar surface area (TPSA) is 125 Å². The van der Waals surface area contributed by atoms with E-state index in [1.165, 1.54) is 26.3 Å². The Bertz CT molecular complexity index is 2410. The van der Waals surface area contributed by atoms with Crippen molar-refractivity contribution in [3.63, 3.8) is 0 Å². The first-order chi connectivity index (χ1) is 27.9. The van der Waals surface area contributed by atoms with Gasteiger partial charge in [-0.15, -0.1) is 0 Å². The Hall–Kier alpha value is -6.74. The van der Waals surface area contributed by atoms with Crippen molar-refractivity contribution in [1.29, 1.82) is 0 Å². The van der Waals surface area contributed by atoms with Crippen molar-refractivity contribution in [3.05, 3.63) is 119 Å². The minimum Gasteiger partial charge on any atom is -0.493 e. The van der Waals surface area contributed by atoms with Gasteiger partial charge in [0.2, 0.25) is 5.88 Å². The quantitative estimate of drug-likeness (QED) is 0.109. The summed E-state index contributed by atoms with van der Waals surface area (Å²) in [5.74, 6) is -2.73. The number of fused-ring (bicyclic) bond motifs is 1. The van der Waals surface area contributed by atoms with Gasteiger partial charge in [0, 0.05) is 32.1 Å². The summed E-state index contributed by atoms with van der Waals surface area (Å²) >= 11 is 0. The van der Waals surface area contributed by atoms with Crippen LogP contribution in [0.25, 0.3) is 10.9 Å². The molecule has 0 fully saturated rings. The maximum atomic E-state index is 14.2. The summed E-state index contributed by atoms with van der Waals surface area (Å²) in [4.78, 5) is 23.7. The molecule has 3 aromatic heterocycles. The highest BCUT2D eigenvalue weighted by molar-refractivity contribution is 6.05. The van der Waals surface area contributed by atoms with E-state index >= 15 is 0 Å². The maximum Gasteiger partial charge on any atom is 0.461 e. The van der Waals surface area contributed by atoms with Gasteiger partial charge in [0.05, 0.1) is 29.3 Å². The van der Waals surface area contributed by atoms with E-state index in [-0.39, 0.29) is 34.1 Å². The predicted molar refractivity (Wildman–Crippen MR) is 188 cm³/mol. The van der Waals surface area contributed by atoms with Gasteiger partial charge in [0.25, 0.3) is 12.3 Å². The first-order valence-corrected chi connectivity index (χ1v) is 16.7. The molecule has 0 spiro atoms. The molecule has 0 saturated carbocycles. The zero-order valence-corrected chi connectivity index (χ0v) is 30.2. The molecule has 59 heavy (non-hydrogen) atoms. The molecule has 312 valence electrons. The Balaban J connectivity index is 0.000000236. The number of aromatic nitrogens is 5. The van der Waals surface area contributed by atoms with Gasteiger partial charge < -0.3 is 24.8 Å². The van der Waals surface area contributed by atoms with Crippen molar-refractivity contribution in [3.8, 4) is 23.1 Å². The highest BCUT2D eigenvalue weighted by Crippen LogP contribution is 2.36. The van der Waals surface area contributed by atoms with Gasteiger partial charge in [-0.05, 0) is 54.4 Å². The summed E-state index contributed by atoms with van der Waals surface area (Å²) in [6.45, 7) is 0.320. The van der Waals surface area contributed by atoms with Crippen LogP contribution in [0.4, 0.5) is 59.8 Å². The van der Waals surface area contributed by atoms with Crippen LogP contribution in [-0.4, -0.2) is 56.8 Å². The molecule has 6 aromatic rings. The van der Waals surface area contributed by atoms with Crippen molar-refractivity contribution >= 4 is 28.3 Å². The van der Waals surface area contributed by atoms with Gasteiger partial charge in [-0.1, -0.05) is 18.2 Å². The second-order valence-corrected chi connectivity index (χ2v) is 11.9. The smallest absolute Gasteiger partial charge is 0.461 e. The molecule has 6 rings (SSSR count). The minimum absolute atomic E-state index is 0.0441. The number of anilines is 2. The fraction of sp³-hybridized carbons (Fsp3) is 0.216. The Morgan fingerprint density at radius 1 is 0.864 bits per heavy atom. The molecular weight excluding hydrogens is 815 g/mol. The number of carbonyl (C=O) groups excluding carboxylic acids is 1. The van der Waals surface area contributed by atoms with Crippen molar-refractivity contribution in [1.82, 2.24) is 24.7 Å². The molecule has 22 heteroatoms. The molecular formula is C37H28F11N7O4. The fourth-order valence-electron chi connectivity index (χ4n) is 5.15. The lowest BCUT2D eigenvalue weighted by atomic mass is 10.1. The summed E-state index contributed by atoms with van der Waals surface area (Å²) < 4.78 is 159. The highest BCUT2D eigenvalue weighted by atomic mass is 19.4. The SMILES string of the molecule is COc1cc(CCNc2ncnc3c(F)ccc(F)c23)ccc1Oc1cc(C(F)(F)F)ccn1.Cn1cc(C(=O)Nc2ccccc2OC(F)(F)C(F)F)c(C(F)F)n1. The predicted octanol–water partition coefficient (Wildman–Crippen LogP) is 9.62. The van der Waals surface area contributed by atoms with Gasteiger partial charge in [0.1, 0.15) is 40.7 Å². The molecule has 0 aliphatic carbocycles. The molecule has 0 aliphatic heterocycles. The minimum atomic E-state index is -4.79. The molecule has 3 aromatic carbocycles. The summed E-state index contributed by atoms with van der Waals surface area (Å²) in [6, 6.07) is 13.1. The van der Waals surface area contributed by atoms with E-state index in [2.05, 4.69) is 35.4 Å². The standard InChI is InChI=1S/C23H17F5N4O2.C14H11F6N3O2/c1-33-18-10-13(2-5-17(18)34-19-11-14(7-9-29-19)23(26,27)28)6-8-30-22-20-15(24)3-4-16(25)21(20)31-12-32-22;1-23-6-7(10(22-23)11(15)16)12(24)21-8-4-2-3-5-9(8)25-14(19,20)13(17)18/h2-5,7,9-12H,6,8H2,1H3,(H,30,31,32);2-6,11,13H,1H3,(H,21,24). The lowest BCUT2D eigenvalue weighted by Gasteiger charge is -2.19.